The van der Waals surface area contributed by atoms with E-state index >= 15 is 0 Å². The number of fused-ring (bicyclic) bond motifs is 1. The molecular formula is C13H16F3N. The summed E-state index contributed by atoms with van der Waals surface area (Å²) >= 11 is 0. The molecule has 0 bridgehead atoms. The van der Waals surface area contributed by atoms with Crippen LogP contribution >= 0.6 is 0 Å². The molecule has 0 saturated heterocycles. The number of nitrogens with two attached hydrogens (primary N) is 1. The Morgan fingerprint density at radius 1 is 1.29 bits per heavy atom. The van der Waals surface area contributed by atoms with Gasteiger partial charge in [-0.3, -0.25) is 0 Å². The van der Waals surface area contributed by atoms with Crippen molar-refractivity contribution in [1.29, 1.82) is 0 Å². The number of halogens is 3. The van der Waals surface area contributed by atoms with Crippen molar-refractivity contribution in [3.8, 4) is 0 Å². The summed E-state index contributed by atoms with van der Waals surface area (Å²) in [6.45, 7) is 0. The van der Waals surface area contributed by atoms with Gasteiger partial charge < -0.3 is 5.73 Å². The topological polar surface area (TPSA) is 26.0 Å². The maximum atomic E-state index is 12.5. The molecule has 1 aromatic rings. The van der Waals surface area contributed by atoms with Crippen molar-refractivity contribution < 1.29 is 13.2 Å². The SMILES string of the molecule is NC(CC1CCCc2ccccc21)C(F)(F)F. The van der Waals surface area contributed by atoms with Crippen LogP contribution in [0.1, 0.15) is 36.3 Å². The lowest BCUT2D eigenvalue weighted by atomic mass is 9.79. The summed E-state index contributed by atoms with van der Waals surface area (Å²) in [7, 11) is 0. The summed E-state index contributed by atoms with van der Waals surface area (Å²) in [5.41, 5.74) is 7.45. The van der Waals surface area contributed by atoms with Crippen LogP contribution in [0.3, 0.4) is 0 Å². The van der Waals surface area contributed by atoms with Gasteiger partial charge in [-0.25, -0.2) is 0 Å². The smallest absolute Gasteiger partial charge is 0.320 e. The maximum absolute atomic E-state index is 12.5. The quantitative estimate of drug-likeness (QED) is 0.846. The van der Waals surface area contributed by atoms with Crippen molar-refractivity contribution in [2.45, 2.75) is 43.8 Å². The summed E-state index contributed by atoms with van der Waals surface area (Å²) in [5, 5.41) is 0. The van der Waals surface area contributed by atoms with Gasteiger partial charge in [0.05, 0.1) is 0 Å². The van der Waals surface area contributed by atoms with Crippen LogP contribution in [0.4, 0.5) is 13.2 Å². The van der Waals surface area contributed by atoms with Gasteiger partial charge in [-0.1, -0.05) is 24.3 Å². The van der Waals surface area contributed by atoms with E-state index < -0.39 is 12.2 Å². The molecule has 4 heteroatoms. The summed E-state index contributed by atoms with van der Waals surface area (Å²) in [4.78, 5) is 0. The van der Waals surface area contributed by atoms with Crippen LogP contribution in [-0.4, -0.2) is 12.2 Å². The molecule has 2 atom stereocenters. The zero-order valence-electron chi connectivity index (χ0n) is 9.50. The fourth-order valence-corrected chi connectivity index (χ4v) is 2.54. The molecule has 0 fully saturated rings. The van der Waals surface area contributed by atoms with Gasteiger partial charge in [0.15, 0.2) is 0 Å². The van der Waals surface area contributed by atoms with Gasteiger partial charge in [-0.15, -0.1) is 0 Å². The first-order chi connectivity index (χ1) is 7.98. The predicted octanol–water partition coefficient (Wildman–Crippen LogP) is 3.39. The molecule has 0 saturated carbocycles. The normalized spacial score (nSPS) is 22.0. The third-order valence-electron chi connectivity index (χ3n) is 3.45. The Labute approximate surface area is 98.8 Å². The monoisotopic (exact) mass is 243 g/mol. The van der Waals surface area contributed by atoms with Gasteiger partial charge in [0.25, 0.3) is 0 Å². The number of alkyl halides is 3. The standard InChI is InChI=1S/C13H16F3N/c14-13(15,16)12(17)8-10-6-3-5-9-4-1-2-7-11(9)10/h1-2,4,7,10,12H,3,5-6,8,17H2. The molecule has 1 nitrogen and oxygen atoms in total. The molecule has 94 valence electrons. The zero-order valence-corrected chi connectivity index (χ0v) is 9.50. The Hall–Kier alpha value is -1.03. The highest BCUT2D eigenvalue weighted by Gasteiger charge is 2.38. The van der Waals surface area contributed by atoms with Crippen LogP contribution in [0.15, 0.2) is 24.3 Å². The molecule has 1 aliphatic carbocycles. The van der Waals surface area contributed by atoms with Crippen molar-refractivity contribution in [2.75, 3.05) is 0 Å². The lowest BCUT2D eigenvalue weighted by Gasteiger charge is -2.28. The average Bonchev–Trinajstić information content (AvgIpc) is 2.28. The molecule has 1 aliphatic rings. The van der Waals surface area contributed by atoms with Crippen LogP contribution in [-0.2, 0) is 6.42 Å². The summed E-state index contributed by atoms with van der Waals surface area (Å²) in [5.74, 6) is -0.0448. The van der Waals surface area contributed by atoms with E-state index in [9.17, 15) is 13.2 Å². The summed E-state index contributed by atoms with van der Waals surface area (Å²) < 4.78 is 37.4. The van der Waals surface area contributed by atoms with Crippen LogP contribution in [0.2, 0.25) is 0 Å². The molecule has 1 aromatic carbocycles. The molecule has 0 radical (unpaired) electrons. The minimum absolute atomic E-state index is 0.000509. The molecule has 0 spiro atoms. The van der Waals surface area contributed by atoms with E-state index in [1.54, 1.807) is 0 Å². The molecule has 17 heavy (non-hydrogen) atoms. The lowest BCUT2D eigenvalue weighted by molar-refractivity contribution is -0.150. The second-order valence-electron chi connectivity index (χ2n) is 4.67. The molecule has 2 N–H and O–H groups in total. The van der Waals surface area contributed by atoms with Crippen molar-refractivity contribution in [3.05, 3.63) is 35.4 Å². The second kappa shape index (κ2) is 4.69. The second-order valence-corrected chi connectivity index (χ2v) is 4.67. The van der Waals surface area contributed by atoms with E-state index in [4.69, 9.17) is 5.73 Å². The van der Waals surface area contributed by atoms with E-state index in [1.165, 1.54) is 5.56 Å². The Morgan fingerprint density at radius 3 is 2.71 bits per heavy atom. The average molecular weight is 243 g/mol. The maximum Gasteiger partial charge on any atom is 0.403 e. The van der Waals surface area contributed by atoms with Gasteiger partial charge in [-0.05, 0) is 42.7 Å². The number of hydrogen-bond acceptors (Lipinski definition) is 1. The Morgan fingerprint density at radius 2 is 2.00 bits per heavy atom. The molecule has 0 aromatic heterocycles. The first-order valence-corrected chi connectivity index (χ1v) is 5.88. The van der Waals surface area contributed by atoms with Crippen molar-refractivity contribution in [2.24, 2.45) is 5.73 Å². The van der Waals surface area contributed by atoms with E-state index in [2.05, 4.69) is 0 Å². The largest absolute Gasteiger partial charge is 0.403 e. The Bertz CT molecular complexity index is 386. The van der Waals surface area contributed by atoms with Gasteiger partial charge in [0.2, 0.25) is 0 Å². The fourth-order valence-electron chi connectivity index (χ4n) is 2.54. The van der Waals surface area contributed by atoms with Crippen LogP contribution in [0.25, 0.3) is 0 Å². The van der Waals surface area contributed by atoms with Crippen molar-refractivity contribution in [3.63, 3.8) is 0 Å². The summed E-state index contributed by atoms with van der Waals surface area (Å²) in [6.07, 6.45) is -1.56. The third-order valence-corrected chi connectivity index (χ3v) is 3.45. The molecular weight excluding hydrogens is 227 g/mol. The number of benzene rings is 1. The zero-order chi connectivity index (χ0) is 12.5. The minimum atomic E-state index is -4.29. The molecule has 2 unspecified atom stereocenters. The van der Waals surface area contributed by atoms with E-state index in [0.29, 0.717) is 0 Å². The van der Waals surface area contributed by atoms with Crippen LogP contribution < -0.4 is 5.73 Å². The summed E-state index contributed by atoms with van der Waals surface area (Å²) in [6, 6.07) is 6.04. The first-order valence-electron chi connectivity index (χ1n) is 5.88. The molecule has 0 amide bonds. The molecule has 0 aliphatic heterocycles. The number of aryl methyl sites for hydroxylation is 1. The lowest BCUT2D eigenvalue weighted by Crippen LogP contribution is -2.38. The highest BCUT2D eigenvalue weighted by Crippen LogP contribution is 2.36. The highest BCUT2D eigenvalue weighted by molar-refractivity contribution is 5.32. The van der Waals surface area contributed by atoms with Crippen LogP contribution in [0.5, 0.6) is 0 Å². The van der Waals surface area contributed by atoms with Gasteiger partial charge in [0.1, 0.15) is 6.04 Å². The third kappa shape index (κ3) is 2.80. The first kappa shape index (κ1) is 12.4. The van der Waals surface area contributed by atoms with Gasteiger partial charge in [0, 0.05) is 0 Å². The van der Waals surface area contributed by atoms with Crippen molar-refractivity contribution >= 4 is 0 Å². The van der Waals surface area contributed by atoms with Gasteiger partial charge in [-0.2, -0.15) is 13.2 Å². The highest BCUT2D eigenvalue weighted by atomic mass is 19.4. The van der Waals surface area contributed by atoms with E-state index in [-0.39, 0.29) is 12.3 Å². The fraction of sp³-hybridized carbons (Fsp3) is 0.538. The van der Waals surface area contributed by atoms with Crippen LogP contribution in [0, 0.1) is 0 Å². The number of rotatable bonds is 2. The number of hydrogen-bond donors (Lipinski definition) is 1. The predicted molar refractivity (Wildman–Crippen MR) is 60.8 cm³/mol. The van der Waals surface area contributed by atoms with Gasteiger partial charge >= 0.3 is 6.18 Å². The molecule has 0 heterocycles. The Balaban J connectivity index is 2.14. The molecule has 2 rings (SSSR count). The van der Waals surface area contributed by atoms with Crippen molar-refractivity contribution in [1.82, 2.24) is 0 Å². The minimum Gasteiger partial charge on any atom is -0.320 e. The Kier molecular flexibility index (Phi) is 3.43. The van der Waals surface area contributed by atoms with E-state index in [0.717, 1.165) is 24.8 Å². The van der Waals surface area contributed by atoms with E-state index in [1.807, 2.05) is 24.3 Å².